The fourth-order valence-electron chi connectivity index (χ4n) is 5.87. The summed E-state index contributed by atoms with van der Waals surface area (Å²) in [6.07, 6.45) is 3.91. The first-order valence-corrected chi connectivity index (χ1v) is 12.6. The van der Waals surface area contributed by atoms with Crippen molar-refractivity contribution in [3.8, 4) is 16.8 Å². The number of fused-ring (bicyclic) bond motifs is 6. The van der Waals surface area contributed by atoms with Crippen molar-refractivity contribution in [2.45, 2.75) is 0 Å². The second kappa shape index (κ2) is 8.36. The van der Waals surface area contributed by atoms with Crippen LogP contribution < -0.4 is 0 Å². The zero-order valence-electron chi connectivity index (χ0n) is 20.5. The molecule has 0 saturated carbocycles. The van der Waals surface area contributed by atoms with Crippen LogP contribution in [0.4, 0.5) is 0 Å². The molecular weight excluding hydrogens is 446 g/mol. The smallest absolute Gasteiger partial charge is 0.0541 e. The quantitative estimate of drug-likeness (QED) is 0.225. The van der Waals surface area contributed by atoms with Gasteiger partial charge >= 0.3 is 0 Å². The molecule has 37 heavy (non-hydrogen) atoms. The second-order valence-electron chi connectivity index (χ2n) is 9.46. The number of aromatic nitrogens is 1. The molecule has 0 amide bonds. The highest BCUT2D eigenvalue weighted by molar-refractivity contribution is 6.15. The van der Waals surface area contributed by atoms with E-state index in [1.807, 2.05) is 12.2 Å². The van der Waals surface area contributed by atoms with Crippen molar-refractivity contribution in [3.63, 3.8) is 0 Å². The van der Waals surface area contributed by atoms with Gasteiger partial charge in [0.25, 0.3) is 0 Å². The topological polar surface area (TPSA) is 4.93 Å². The van der Waals surface area contributed by atoms with Crippen molar-refractivity contribution in [2.75, 3.05) is 0 Å². The molecule has 1 heteroatoms. The van der Waals surface area contributed by atoms with Gasteiger partial charge in [-0.2, -0.15) is 0 Å². The van der Waals surface area contributed by atoms with Crippen LogP contribution in [0.25, 0.3) is 72.3 Å². The monoisotopic (exact) mass is 471 g/mol. The van der Waals surface area contributed by atoms with Crippen LogP contribution in [-0.4, -0.2) is 4.57 Å². The van der Waals surface area contributed by atoms with Crippen LogP contribution in [-0.2, 0) is 0 Å². The lowest BCUT2D eigenvalue weighted by Gasteiger charge is -2.14. The predicted octanol–water partition coefficient (Wildman–Crippen LogP) is 10.0. The van der Waals surface area contributed by atoms with Crippen molar-refractivity contribution in [2.24, 2.45) is 0 Å². The van der Waals surface area contributed by atoms with Gasteiger partial charge in [0.2, 0.25) is 0 Å². The lowest BCUT2D eigenvalue weighted by molar-refractivity contribution is 1.18. The van der Waals surface area contributed by atoms with E-state index in [4.69, 9.17) is 0 Å². The fourth-order valence-corrected chi connectivity index (χ4v) is 5.87. The first kappa shape index (κ1) is 21.4. The van der Waals surface area contributed by atoms with E-state index in [0.29, 0.717) is 0 Å². The van der Waals surface area contributed by atoms with Gasteiger partial charge in [0.1, 0.15) is 0 Å². The Kier molecular flexibility index (Phi) is 4.84. The van der Waals surface area contributed by atoms with E-state index in [1.165, 1.54) is 54.5 Å². The molecule has 0 aliphatic rings. The van der Waals surface area contributed by atoms with Crippen molar-refractivity contribution < 1.29 is 0 Å². The van der Waals surface area contributed by atoms with Gasteiger partial charge in [-0.3, -0.25) is 0 Å². The molecular formula is C36H25N. The molecule has 7 rings (SSSR count). The number of nitrogens with zero attached hydrogens (tertiary/aromatic N) is 1. The van der Waals surface area contributed by atoms with Crippen molar-refractivity contribution in [3.05, 3.63) is 140 Å². The summed E-state index contributed by atoms with van der Waals surface area (Å²) in [5.41, 5.74) is 8.26. The highest BCUT2D eigenvalue weighted by atomic mass is 15.0. The molecule has 0 radical (unpaired) electrons. The molecule has 0 atom stereocenters. The number of hydrogen-bond donors (Lipinski definition) is 0. The largest absolute Gasteiger partial charge is 0.309 e. The summed E-state index contributed by atoms with van der Waals surface area (Å²) >= 11 is 0. The van der Waals surface area contributed by atoms with Gasteiger partial charge in [0.05, 0.1) is 11.0 Å². The zero-order valence-corrected chi connectivity index (χ0v) is 20.5. The van der Waals surface area contributed by atoms with Gasteiger partial charge < -0.3 is 4.57 Å². The summed E-state index contributed by atoms with van der Waals surface area (Å²) < 4.78 is 2.35. The van der Waals surface area contributed by atoms with E-state index in [-0.39, 0.29) is 0 Å². The standard InChI is InChI=1S/C36H25N/c1-3-27-28(4-2)34-23-25(19-22-31(34)30-12-6-5-11-29(27)30)24-17-20-26(21-18-24)37-35-15-9-7-13-32(35)33-14-8-10-16-36(33)37/h3-23H,1-2H2. The minimum absolute atomic E-state index is 1.13. The van der Waals surface area contributed by atoms with Gasteiger partial charge in [-0.1, -0.05) is 110 Å². The molecule has 0 N–H and O–H groups in total. The molecule has 1 aromatic heterocycles. The molecule has 0 bridgehead atoms. The van der Waals surface area contributed by atoms with Gasteiger partial charge in [-0.05, 0) is 74.1 Å². The molecule has 0 unspecified atom stereocenters. The highest BCUT2D eigenvalue weighted by Crippen LogP contribution is 2.37. The summed E-state index contributed by atoms with van der Waals surface area (Å²) in [5.74, 6) is 0. The molecule has 1 heterocycles. The third-order valence-corrected chi connectivity index (χ3v) is 7.55. The van der Waals surface area contributed by atoms with Crippen molar-refractivity contribution >= 4 is 55.5 Å². The molecule has 0 fully saturated rings. The summed E-state index contributed by atoms with van der Waals surface area (Å²) in [7, 11) is 0. The minimum atomic E-state index is 1.13. The second-order valence-corrected chi connectivity index (χ2v) is 9.46. The van der Waals surface area contributed by atoms with Crippen LogP contribution in [0.3, 0.4) is 0 Å². The summed E-state index contributed by atoms with van der Waals surface area (Å²) in [4.78, 5) is 0. The maximum absolute atomic E-state index is 4.14. The Hall–Kier alpha value is -4.88. The molecule has 0 spiro atoms. The average molecular weight is 472 g/mol. The Morgan fingerprint density at radius 1 is 0.432 bits per heavy atom. The molecule has 174 valence electrons. The Morgan fingerprint density at radius 2 is 0.919 bits per heavy atom. The van der Waals surface area contributed by atoms with E-state index >= 15 is 0 Å². The maximum atomic E-state index is 4.14. The molecule has 0 aliphatic heterocycles. The van der Waals surface area contributed by atoms with E-state index in [0.717, 1.165) is 16.8 Å². The molecule has 0 saturated heterocycles. The van der Waals surface area contributed by atoms with E-state index in [9.17, 15) is 0 Å². The Balaban J connectivity index is 1.40. The van der Waals surface area contributed by atoms with Crippen molar-refractivity contribution in [1.82, 2.24) is 4.57 Å². The molecule has 7 aromatic rings. The van der Waals surface area contributed by atoms with Gasteiger partial charge in [0, 0.05) is 16.5 Å². The molecule has 6 aromatic carbocycles. The maximum Gasteiger partial charge on any atom is 0.0541 e. The molecule has 0 aliphatic carbocycles. The summed E-state index contributed by atoms with van der Waals surface area (Å²) in [5, 5.41) is 7.45. The van der Waals surface area contributed by atoms with Crippen LogP contribution in [0.15, 0.2) is 128 Å². The number of rotatable bonds is 4. The summed E-state index contributed by atoms with van der Waals surface area (Å²) in [6, 6.07) is 41.5. The lowest BCUT2D eigenvalue weighted by Crippen LogP contribution is -1.93. The van der Waals surface area contributed by atoms with Crippen LogP contribution >= 0.6 is 0 Å². The molecule has 1 nitrogen and oxygen atoms in total. The Labute approximate surface area is 216 Å². The van der Waals surface area contributed by atoms with Crippen molar-refractivity contribution in [1.29, 1.82) is 0 Å². The number of para-hydroxylation sites is 2. The third kappa shape index (κ3) is 3.18. The predicted molar refractivity (Wildman–Crippen MR) is 161 cm³/mol. The van der Waals surface area contributed by atoms with Gasteiger partial charge in [0.15, 0.2) is 0 Å². The average Bonchev–Trinajstić information content (AvgIpc) is 3.30. The third-order valence-electron chi connectivity index (χ3n) is 7.55. The van der Waals surface area contributed by atoms with Crippen LogP contribution in [0.1, 0.15) is 11.1 Å². The number of benzene rings is 6. The SMILES string of the molecule is C=Cc1c(C=C)c2cc(-c3ccc(-n4c5ccccc5c5ccccc54)cc3)ccc2c2ccccc12. The van der Waals surface area contributed by atoms with Gasteiger partial charge in [-0.15, -0.1) is 0 Å². The first-order valence-electron chi connectivity index (χ1n) is 12.6. The fraction of sp³-hybridized carbons (Fsp3) is 0. The van der Waals surface area contributed by atoms with E-state index in [2.05, 4.69) is 133 Å². The normalized spacial score (nSPS) is 11.5. The Bertz CT molecular complexity index is 1950. The van der Waals surface area contributed by atoms with Crippen LogP contribution in [0, 0.1) is 0 Å². The van der Waals surface area contributed by atoms with E-state index in [1.54, 1.807) is 0 Å². The van der Waals surface area contributed by atoms with Crippen LogP contribution in [0.5, 0.6) is 0 Å². The van der Waals surface area contributed by atoms with Gasteiger partial charge in [-0.25, -0.2) is 0 Å². The highest BCUT2D eigenvalue weighted by Gasteiger charge is 2.13. The number of hydrogen-bond acceptors (Lipinski definition) is 0. The first-order chi connectivity index (χ1) is 18.3. The Morgan fingerprint density at radius 3 is 1.54 bits per heavy atom. The minimum Gasteiger partial charge on any atom is -0.309 e. The van der Waals surface area contributed by atoms with E-state index < -0.39 is 0 Å². The van der Waals surface area contributed by atoms with Crippen LogP contribution in [0.2, 0.25) is 0 Å². The summed E-state index contributed by atoms with van der Waals surface area (Å²) in [6.45, 7) is 8.24. The lowest BCUT2D eigenvalue weighted by atomic mass is 9.89. The zero-order chi connectivity index (χ0) is 24.9.